The van der Waals surface area contributed by atoms with Crippen LogP contribution >= 0.6 is 0 Å². The van der Waals surface area contributed by atoms with E-state index < -0.39 is 21.5 Å². The molecule has 7 nitrogen and oxygen atoms in total. The van der Waals surface area contributed by atoms with Crippen molar-refractivity contribution in [2.45, 2.75) is 37.2 Å². The molecule has 2 heterocycles. The van der Waals surface area contributed by atoms with Crippen molar-refractivity contribution >= 4 is 33.2 Å². The van der Waals surface area contributed by atoms with Crippen molar-refractivity contribution in [2.75, 3.05) is 16.4 Å². The molecule has 8 heteroatoms. The lowest BCUT2D eigenvalue weighted by molar-refractivity contribution is -0.114. The molecule has 1 atom stereocenters. The molecule has 2 aromatic carbocycles. The van der Waals surface area contributed by atoms with E-state index in [1.165, 1.54) is 17.7 Å². The van der Waals surface area contributed by atoms with Gasteiger partial charge in [0.05, 0.1) is 10.6 Å². The average molecular weight is 399 g/mol. The Balaban J connectivity index is 1.58. The standard InChI is InChI=1S/C20H21N3O4S/c1-2-16-9-13-5-3-4-6-14(13)11-23(16)20(25)21-15-7-8-17-18(10-15)28(26,27)12-19(24)22-17/h3-8,10,16H,2,9,11-12H2,1H3,(H,21,25)(H,22,24). The average Bonchev–Trinajstić information content (AvgIpc) is 2.66. The maximum absolute atomic E-state index is 12.9. The Labute approximate surface area is 163 Å². The first-order valence-corrected chi connectivity index (χ1v) is 10.8. The molecule has 2 aliphatic heterocycles. The third-order valence-electron chi connectivity index (χ3n) is 5.25. The van der Waals surface area contributed by atoms with E-state index in [1.54, 1.807) is 11.0 Å². The van der Waals surface area contributed by atoms with Gasteiger partial charge in [0.25, 0.3) is 0 Å². The number of carbonyl (C=O) groups excluding carboxylic acids is 2. The Bertz CT molecular complexity index is 1060. The predicted molar refractivity (Wildman–Crippen MR) is 106 cm³/mol. The summed E-state index contributed by atoms with van der Waals surface area (Å²) in [6.45, 7) is 2.56. The number of urea groups is 1. The maximum atomic E-state index is 12.9. The van der Waals surface area contributed by atoms with Crippen LogP contribution in [0.2, 0.25) is 0 Å². The van der Waals surface area contributed by atoms with Crippen LogP contribution in [0, 0.1) is 0 Å². The Kier molecular flexibility index (Phi) is 4.58. The van der Waals surface area contributed by atoms with Gasteiger partial charge in [0.1, 0.15) is 5.75 Å². The highest BCUT2D eigenvalue weighted by Gasteiger charge is 2.31. The van der Waals surface area contributed by atoms with E-state index in [4.69, 9.17) is 0 Å². The third kappa shape index (κ3) is 3.35. The molecule has 0 aromatic heterocycles. The first-order valence-electron chi connectivity index (χ1n) is 9.18. The lowest BCUT2D eigenvalue weighted by Crippen LogP contribution is -2.46. The molecule has 28 heavy (non-hydrogen) atoms. The van der Waals surface area contributed by atoms with E-state index in [-0.39, 0.29) is 22.7 Å². The van der Waals surface area contributed by atoms with E-state index in [2.05, 4.69) is 16.7 Å². The molecule has 0 fully saturated rings. The molecule has 0 aliphatic carbocycles. The van der Waals surface area contributed by atoms with Crippen molar-refractivity contribution < 1.29 is 18.0 Å². The van der Waals surface area contributed by atoms with Crippen molar-refractivity contribution in [1.29, 1.82) is 0 Å². The minimum atomic E-state index is -3.71. The lowest BCUT2D eigenvalue weighted by atomic mass is 9.93. The molecule has 2 aliphatic rings. The van der Waals surface area contributed by atoms with Crippen LogP contribution in [-0.4, -0.2) is 37.1 Å². The second kappa shape index (κ2) is 6.94. The number of hydrogen-bond donors (Lipinski definition) is 2. The summed E-state index contributed by atoms with van der Waals surface area (Å²) >= 11 is 0. The van der Waals surface area contributed by atoms with Crippen molar-refractivity contribution in [3.05, 3.63) is 53.6 Å². The molecular formula is C20H21N3O4S. The number of fused-ring (bicyclic) bond motifs is 2. The van der Waals surface area contributed by atoms with Gasteiger partial charge in [0.2, 0.25) is 5.91 Å². The number of benzene rings is 2. The molecule has 0 bridgehead atoms. The number of anilines is 2. The van der Waals surface area contributed by atoms with E-state index in [1.807, 2.05) is 25.1 Å². The monoisotopic (exact) mass is 399 g/mol. The highest BCUT2D eigenvalue weighted by molar-refractivity contribution is 7.92. The van der Waals surface area contributed by atoms with Gasteiger partial charge >= 0.3 is 6.03 Å². The number of hydrogen-bond acceptors (Lipinski definition) is 4. The van der Waals surface area contributed by atoms with Gasteiger partial charge in [-0.1, -0.05) is 31.2 Å². The number of nitrogens with zero attached hydrogens (tertiary/aromatic N) is 1. The van der Waals surface area contributed by atoms with Crippen LogP contribution in [0.25, 0.3) is 0 Å². The summed E-state index contributed by atoms with van der Waals surface area (Å²) in [4.78, 5) is 26.3. The zero-order valence-electron chi connectivity index (χ0n) is 15.4. The SMILES string of the molecule is CCC1Cc2ccccc2CN1C(=O)Nc1ccc2c(c1)S(=O)(=O)CC(=O)N2. The Morgan fingerprint density at radius 1 is 1.21 bits per heavy atom. The molecule has 4 rings (SSSR count). The smallest absolute Gasteiger partial charge is 0.322 e. The first-order chi connectivity index (χ1) is 13.4. The van der Waals surface area contributed by atoms with Gasteiger partial charge in [0, 0.05) is 18.3 Å². The zero-order valence-corrected chi connectivity index (χ0v) is 16.3. The molecule has 0 radical (unpaired) electrons. The minimum Gasteiger partial charge on any atom is -0.324 e. The molecule has 146 valence electrons. The number of rotatable bonds is 2. The fraction of sp³-hybridized carbons (Fsp3) is 0.300. The van der Waals surface area contributed by atoms with Gasteiger partial charge in [-0.05, 0) is 42.2 Å². The normalized spacial score (nSPS) is 20.0. The van der Waals surface area contributed by atoms with E-state index in [9.17, 15) is 18.0 Å². The Hall–Kier alpha value is -2.87. The summed E-state index contributed by atoms with van der Waals surface area (Å²) in [5.41, 5.74) is 3.01. The summed E-state index contributed by atoms with van der Waals surface area (Å²) in [6.07, 6.45) is 1.62. The van der Waals surface area contributed by atoms with Crippen LogP contribution < -0.4 is 10.6 Å². The number of carbonyl (C=O) groups is 2. The van der Waals surface area contributed by atoms with Crippen LogP contribution in [-0.2, 0) is 27.6 Å². The van der Waals surface area contributed by atoms with Gasteiger partial charge < -0.3 is 15.5 Å². The van der Waals surface area contributed by atoms with Crippen molar-refractivity contribution in [2.24, 2.45) is 0 Å². The quantitative estimate of drug-likeness (QED) is 0.812. The highest BCUT2D eigenvalue weighted by atomic mass is 32.2. The van der Waals surface area contributed by atoms with E-state index in [0.29, 0.717) is 12.2 Å². The van der Waals surface area contributed by atoms with Crippen LogP contribution in [0.15, 0.2) is 47.4 Å². The van der Waals surface area contributed by atoms with E-state index in [0.717, 1.165) is 18.4 Å². The van der Waals surface area contributed by atoms with Gasteiger partial charge in [-0.15, -0.1) is 0 Å². The van der Waals surface area contributed by atoms with Crippen molar-refractivity contribution in [1.82, 2.24) is 4.90 Å². The van der Waals surface area contributed by atoms with Crippen LogP contribution in [0.4, 0.5) is 16.2 Å². The number of sulfone groups is 1. The summed E-state index contributed by atoms with van der Waals surface area (Å²) in [7, 11) is -3.71. The minimum absolute atomic E-state index is 0.0286. The predicted octanol–water partition coefficient (Wildman–Crippen LogP) is 2.78. The Morgan fingerprint density at radius 3 is 2.71 bits per heavy atom. The maximum Gasteiger partial charge on any atom is 0.322 e. The Morgan fingerprint density at radius 2 is 1.96 bits per heavy atom. The second-order valence-electron chi connectivity index (χ2n) is 7.11. The van der Waals surface area contributed by atoms with Gasteiger partial charge in [-0.2, -0.15) is 0 Å². The van der Waals surface area contributed by atoms with Crippen LogP contribution in [0.5, 0.6) is 0 Å². The summed E-state index contributed by atoms with van der Waals surface area (Å²) in [5, 5.41) is 5.36. The summed E-state index contributed by atoms with van der Waals surface area (Å²) in [5.74, 6) is -1.14. The number of nitrogens with one attached hydrogen (secondary N) is 2. The third-order valence-corrected chi connectivity index (χ3v) is 6.90. The molecule has 0 saturated carbocycles. The second-order valence-corrected chi connectivity index (χ2v) is 9.07. The molecule has 0 spiro atoms. The van der Waals surface area contributed by atoms with Gasteiger partial charge in [-0.25, -0.2) is 13.2 Å². The first kappa shape index (κ1) is 18.5. The molecular weight excluding hydrogens is 378 g/mol. The van der Waals surface area contributed by atoms with Gasteiger partial charge in [-0.3, -0.25) is 4.79 Å². The summed E-state index contributed by atoms with van der Waals surface area (Å²) < 4.78 is 24.5. The molecule has 0 saturated heterocycles. The van der Waals surface area contributed by atoms with Gasteiger partial charge in [0.15, 0.2) is 9.84 Å². The highest BCUT2D eigenvalue weighted by Crippen LogP contribution is 2.30. The molecule has 3 amide bonds. The molecule has 2 N–H and O–H groups in total. The topological polar surface area (TPSA) is 95.6 Å². The molecule has 2 aromatic rings. The fourth-order valence-electron chi connectivity index (χ4n) is 3.78. The fourth-order valence-corrected chi connectivity index (χ4v) is 5.12. The van der Waals surface area contributed by atoms with Crippen LogP contribution in [0.3, 0.4) is 0 Å². The van der Waals surface area contributed by atoms with Crippen molar-refractivity contribution in [3.63, 3.8) is 0 Å². The zero-order chi connectivity index (χ0) is 19.9. The number of amides is 3. The summed E-state index contributed by atoms with van der Waals surface area (Å²) in [6, 6.07) is 12.4. The van der Waals surface area contributed by atoms with E-state index >= 15 is 0 Å². The van der Waals surface area contributed by atoms with Crippen molar-refractivity contribution in [3.8, 4) is 0 Å². The largest absolute Gasteiger partial charge is 0.324 e. The van der Waals surface area contributed by atoms with Crippen LogP contribution in [0.1, 0.15) is 24.5 Å². The lowest BCUT2D eigenvalue weighted by Gasteiger charge is -2.36. The molecule has 1 unspecified atom stereocenters.